The first kappa shape index (κ1) is 13.8. The second-order valence-corrected chi connectivity index (χ2v) is 6.57. The molecule has 0 radical (unpaired) electrons. The fourth-order valence-electron chi connectivity index (χ4n) is 3.88. The molecule has 2 unspecified atom stereocenters. The molecule has 0 spiro atoms. The Balaban J connectivity index is 1.47. The van der Waals surface area contributed by atoms with E-state index in [1.165, 1.54) is 12.8 Å². The van der Waals surface area contributed by atoms with E-state index in [1.807, 2.05) is 36.2 Å². The molecule has 2 bridgehead atoms. The van der Waals surface area contributed by atoms with Crippen LogP contribution < -0.4 is 5.32 Å². The summed E-state index contributed by atoms with van der Waals surface area (Å²) in [7, 11) is 1.93. The summed E-state index contributed by atoms with van der Waals surface area (Å²) < 4.78 is 5.29. The zero-order valence-electron chi connectivity index (χ0n) is 12.8. The molecule has 1 N–H and O–H groups in total. The van der Waals surface area contributed by atoms with Gasteiger partial charge in [-0.15, -0.1) is 0 Å². The average molecular weight is 299 g/mol. The number of likely N-dealkylation sites (N-methyl/N-ethyl adjacent to an activating group) is 1. The number of nitrogens with zero attached hydrogens (tertiary/aromatic N) is 2. The van der Waals surface area contributed by atoms with Crippen LogP contribution in [0.1, 0.15) is 31.4 Å². The highest BCUT2D eigenvalue weighted by Gasteiger charge is 2.36. The fraction of sp³-hybridized carbons (Fsp3) is 0.529. The maximum absolute atomic E-state index is 12.6. The van der Waals surface area contributed by atoms with E-state index in [4.69, 9.17) is 4.52 Å². The summed E-state index contributed by atoms with van der Waals surface area (Å²) in [5.74, 6) is 0.130. The molecule has 116 valence electrons. The number of para-hydroxylation sites is 1. The summed E-state index contributed by atoms with van der Waals surface area (Å²) in [4.78, 5) is 14.5. The lowest BCUT2D eigenvalue weighted by Gasteiger charge is -2.35. The molecule has 22 heavy (non-hydrogen) atoms. The second kappa shape index (κ2) is 5.39. The van der Waals surface area contributed by atoms with Gasteiger partial charge >= 0.3 is 0 Å². The molecule has 2 atom stereocenters. The first-order valence-electron chi connectivity index (χ1n) is 8.05. The first-order valence-corrected chi connectivity index (χ1v) is 8.05. The minimum Gasteiger partial charge on any atom is -0.356 e. The van der Waals surface area contributed by atoms with Crippen molar-refractivity contribution in [2.24, 2.45) is 0 Å². The van der Waals surface area contributed by atoms with Crippen molar-refractivity contribution in [1.29, 1.82) is 0 Å². The third-order valence-corrected chi connectivity index (χ3v) is 5.16. The topological polar surface area (TPSA) is 58.4 Å². The van der Waals surface area contributed by atoms with Crippen molar-refractivity contribution >= 4 is 16.9 Å². The van der Waals surface area contributed by atoms with Crippen molar-refractivity contribution in [3.8, 4) is 0 Å². The molecule has 5 nitrogen and oxygen atoms in total. The number of benzene rings is 1. The van der Waals surface area contributed by atoms with Crippen molar-refractivity contribution in [3.05, 3.63) is 30.0 Å². The lowest BCUT2D eigenvalue weighted by molar-refractivity contribution is -0.132. The van der Waals surface area contributed by atoms with E-state index >= 15 is 0 Å². The Labute approximate surface area is 129 Å². The van der Waals surface area contributed by atoms with E-state index < -0.39 is 0 Å². The summed E-state index contributed by atoms with van der Waals surface area (Å²) in [5, 5.41) is 8.63. The number of rotatable bonds is 3. The quantitative estimate of drug-likeness (QED) is 0.943. The van der Waals surface area contributed by atoms with Gasteiger partial charge in [0.15, 0.2) is 5.58 Å². The third kappa shape index (κ3) is 2.39. The minimum atomic E-state index is 0.130. The summed E-state index contributed by atoms with van der Waals surface area (Å²) >= 11 is 0. The van der Waals surface area contributed by atoms with Crippen LogP contribution in [0.5, 0.6) is 0 Å². The predicted molar refractivity (Wildman–Crippen MR) is 83.5 cm³/mol. The number of amides is 1. The van der Waals surface area contributed by atoms with Crippen molar-refractivity contribution in [2.75, 3.05) is 7.05 Å². The van der Waals surface area contributed by atoms with Crippen LogP contribution in [0, 0.1) is 0 Å². The van der Waals surface area contributed by atoms with E-state index in [1.54, 1.807) is 0 Å². The molecule has 2 fully saturated rings. The number of fused-ring (bicyclic) bond motifs is 3. The van der Waals surface area contributed by atoms with Crippen LogP contribution in [0.3, 0.4) is 0 Å². The fourth-order valence-corrected chi connectivity index (χ4v) is 3.88. The molecular formula is C17H21N3O2. The Morgan fingerprint density at radius 3 is 2.82 bits per heavy atom. The Morgan fingerprint density at radius 1 is 1.32 bits per heavy atom. The minimum absolute atomic E-state index is 0.130. The second-order valence-electron chi connectivity index (χ2n) is 6.57. The molecule has 1 amide bonds. The van der Waals surface area contributed by atoms with Crippen LogP contribution >= 0.6 is 0 Å². The Kier molecular flexibility index (Phi) is 3.37. The van der Waals surface area contributed by atoms with Crippen LogP contribution in [0.15, 0.2) is 28.8 Å². The molecule has 5 heteroatoms. The molecule has 0 aliphatic carbocycles. The van der Waals surface area contributed by atoms with Gasteiger partial charge in [0.2, 0.25) is 5.91 Å². The number of aromatic nitrogens is 1. The Morgan fingerprint density at radius 2 is 2.05 bits per heavy atom. The smallest absolute Gasteiger partial charge is 0.228 e. The largest absolute Gasteiger partial charge is 0.356 e. The van der Waals surface area contributed by atoms with Crippen LogP contribution in [0.25, 0.3) is 11.0 Å². The normalized spacial score (nSPS) is 27.2. The third-order valence-electron chi connectivity index (χ3n) is 5.16. The molecule has 2 aliphatic heterocycles. The molecule has 1 aromatic heterocycles. The van der Waals surface area contributed by atoms with Crippen molar-refractivity contribution in [3.63, 3.8) is 0 Å². The molecule has 3 heterocycles. The summed E-state index contributed by atoms with van der Waals surface area (Å²) in [6.07, 6.45) is 4.94. The van der Waals surface area contributed by atoms with Crippen molar-refractivity contribution in [2.45, 2.75) is 50.2 Å². The summed E-state index contributed by atoms with van der Waals surface area (Å²) in [5.41, 5.74) is 1.48. The van der Waals surface area contributed by atoms with E-state index in [9.17, 15) is 4.79 Å². The van der Waals surface area contributed by atoms with Gasteiger partial charge in [-0.2, -0.15) is 0 Å². The van der Waals surface area contributed by atoms with Crippen LogP contribution in [0.4, 0.5) is 0 Å². The maximum atomic E-state index is 12.6. The zero-order chi connectivity index (χ0) is 15.1. The number of nitrogens with one attached hydrogen (secondary N) is 1. The van der Waals surface area contributed by atoms with Gasteiger partial charge in [-0.1, -0.05) is 17.3 Å². The van der Waals surface area contributed by atoms with E-state index in [2.05, 4.69) is 10.5 Å². The first-order chi connectivity index (χ1) is 10.7. The van der Waals surface area contributed by atoms with E-state index in [0.717, 1.165) is 29.5 Å². The van der Waals surface area contributed by atoms with Gasteiger partial charge in [0.25, 0.3) is 0 Å². The summed E-state index contributed by atoms with van der Waals surface area (Å²) in [6, 6.07) is 9.23. The number of hydrogen-bond acceptors (Lipinski definition) is 4. The van der Waals surface area contributed by atoms with Gasteiger partial charge in [0, 0.05) is 30.6 Å². The summed E-state index contributed by atoms with van der Waals surface area (Å²) in [6.45, 7) is 0. The van der Waals surface area contributed by atoms with Crippen molar-refractivity contribution < 1.29 is 9.32 Å². The maximum Gasteiger partial charge on any atom is 0.228 e. The van der Waals surface area contributed by atoms with Gasteiger partial charge in [-0.3, -0.25) is 4.79 Å². The number of carbonyl (C=O) groups is 1. The van der Waals surface area contributed by atoms with E-state index in [-0.39, 0.29) is 5.91 Å². The zero-order valence-corrected chi connectivity index (χ0v) is 12.8. The standard InChI is InChI=1S/C17H21N3O2/c1-20(13-8-11-6-7-12(9-13)18-11)17(21)10-15-14-4-2-3-5-16(14)22-19-15/h2-5,11-13,18H,6-10H2,1H3. The molecule has 4 rings (SSSR count). The van der Waals surface area contributed by atoms with Gasteiger partial charge in [-0.25, -0.2) is 0 Å². The monoisotopic (exact) mass is 299 g/mol. The highest BCUT2D eigenvalue weighted by atomic mass is 16.5. The van der Waals surface area contributed by atoms with Crippen molar-refractivity contribution in [1.82, 2.24) is 15.4 Å². The van der Waals surface area contributed by atoms with Crippen LogP contribution in [0.2, 0.25) is 0 Å². The SMILES string of the molecule is CN(C(=O)Cc1noc2ccccc12)C1CC2CCC(C1)N2. The molecule has 0 saturated carbocycles. The van der Waals surface area contributed by atoms with Gasteiger partial charge in [0.05, 0.1) is 6.42 Å². The number of carbonyl (C=O) groups excluding carboxylic acids is 1. The lowest BCUT2D eigenvalue weighted by atomic mass is 9.98. The Hall–Kier alpha value is -1.88. The molecule has 2 aromatic rings. The predicted octanol–water partition coefficient (Wildman–Crippen LogP) is 2.11. The number of hydrogen-bond donors (Lipinski definition) is 1. The molecule has 2 saturated heterocycles. The van der Waals surface area contributed by atoms with Crippen LogP contribution in [-0.2, 0) is 11.2 Å². The highest BCUT2D eigenvalue weighted by molar-refractivity contribution is 5.86. The molecule has 2 aliphatic rings. The van der Waals surface area contributed by atoms with Crippen LogP contribution in [-0.4, -0.2) is 41.1 Å². The molecular weight excluding hydrogens is 278 g/mol. The van der Waals surface area contributed by atoms with E-state index in [0.29, 0.717) is 24.5 Å². The van der Waals surface area contributed by atoms with Gasteiger partial charge in [-0.05, 0) is 37.8 Å². The van der Waals surface area contributed by atoms with Gasteiger partial charge < -0.3 is 14.7 Å². The highest BCUT2D eigenvalue weighted by Crippen LogP contribution is 2.29. The number of piperidine rings is 1. The van der Waals surface area contributed by atoms with Gasteiger partial charge in [0.1, 0.15) is 5.69 Å². The average Bonchev–Trinajstić information content (AvgIpc) is 3.10. The lowest BCUT2D eigenvalue weighted by Crippen LogP contribution is -2.49. The molecule has 1 aromatic carbocycles. The Bertz CT molecular complexity index is 684.